The number of amides is 1. The molecule has 7 nitrogen and oxygen atoms in total. The highest BCUT2D eigenvalue weighted by Crippen LogP contribution is 2.30. The molecule has 2 aromatic heterocycles. The van der Waals surface area contributed by atoms with Crippen LogP contribution in [0.15, 0.2) is 46.5 Å². The second-order valence-corrected chi connectivity index (χ2v) is 10.6. The van der Waals surface area contributed by atoms with Gasteiger partial charge in [0.15, 0.2) is 5.16 Å². The molecule has 0 bridgehead atoms. The number of anilines is 1. The fourth-order valence-electron chi connectivity index (χ4n) is 3.63. The van der Waals surface area contributed by atoms with Crippen LogP contribution in [0.3, 0.4) is 0 Å². The number of carbonyl (C=O) groups excluding carboxylic acids is 1. The first kappa shape index (κ1) is 24.8. The number of hydrogen-bond acceptors (Lipinski definition) is 6. The van der Waals surface area contributed by atoms with Crippen LogP contribution in [0.4, 0.5) is 10.5 Å². The molecular weight excluding hydrogens is 436 g/mol. The molecule has 0 spiro atoms. The zero-order valence-electron chi connectivity index (χ0n) is 20.6. The highest BCUT2D eigenvalue weighted by atomic mass is 32.2. The lowest BCUT2D eigenvalue weighted by Crippen LogP contribution is -2.48. The van der Waals surface area contributed by atoms with Crippen LogP contribution in [0, 0.1) is 0 Å². The number of fused-ring (bicyclic) bond motifs is 1. The Labute approximate surface area is 199 Å². The predicted molar refractivity (Wildman–Crippen MR) is 135 cm³/mol. The van der Waals surface area contributed by atoms with Crippen molar-refractivity contribution in [1.29, 1.82) is 0 Å². The second-order valence-electron chi connectivity index (χ2n) is 9.78. The third-order valence-electron chi connectivity index (χ3n) is 4.97. The number of hydrogen-bond donors (Lipinski definition) is 0. The molecule has 8 heteroatoms. The van der Waals surface area contributed by atoms with Crippen LogP contribution < -0.4 is 10.5 Å². The molecule has 3 rings (SSSR count). The zero-order chi connectivity index (χ0) is 24.6. The lowest BCUT2D eigenvalue weighted by atomic mass is 10.0. The molecule has 2 heterocycles. The van der Waals surface area contributed by atoms with Crippen molar-refractivity contribution in [3.8, 4) is 11.1 Å². The Morgan fingerprint density at radius 2 is 1.85 bits per heavy atom. The Hall–Kier alpha value is -2.87. The van der Waals surface area contributed by atoms with E-state index in [1.165, 1.54) is 11.8 Å². The first-order valence-corrected chi connectivity index (χ1v) is 12.2. The van der Waals surface area contributed by atoms with Crippen LogP contribution in [0.2, 0.25) is 0 Å². The molecule has 0 fully saturated rings. The van der Waals surface area contributed by atoms with Crippen LogP contribution in [0.1, 0.15) is 48.5 Å². The zero-order valence-corrected chi connectivity index (χ0v) is 21.4. The molecule has 0 saturated heterocycles. The van der Waals surface area contributed by atoms with Crippen molar-refractivity contribution in [2.75, 3.05) is 11.2 Å². The first-order chi connectivity index (χ1) is 15.4. The molecule has 0 saturated carbocycles. The molecule has 0 aliphatic carbocycles. The van der Waals surface area contributed by atoms with E-state index in [4.69, 9.17) is 4.74 Å². The summed E-state index contributed by atoms with van der Waals surface area (Å²) in [6.45, 7) is 13.8. The maximum Gasteiger partial charge on any atom is 0.415 e. The summed E-state index contributed by atoms with van der Waals surface area (Å²) in [4.78, 5) is 37.0. The normalized spacial score (nSPS) is 12.1. The Balaban J connectivity index is 2.17. The predicted octanol–water partition coefficient (Wildman–Crippen LogP) is 5.74. The van der Waals surface area contributed by atoms with Gasteiger partial charge in [0.1, 0.15) is 11.2 Å². The molecule has 176 valence electrons. The number of aryl methyl sites for hydroxylation is 1. The minimum atomic E-state index is -0.624. The van der Waals surface area contributed by atoms with Gasteiger partial charge in [0.2, 0.25) is 0 Å². The highest BCUT2D eigenvalue weighted by Gasteiger charge is 2.32. The Morgan fingerprint density at radius 1 is 1.15 bits per heavy atom. The number of carbonyl (C=O) groups is 1. The van der Waals surface area contributed by atoms with Crippen LogP contribution in [-0.4, -0.2) is 38.0 Å². The largest absolute Gasteiger partial charge is 0.443 e. The summed E-state index contributed by atoms with van der Waals surface area (Å²) < 4.78 is 7.33. The van der Waals surface area contributed by atoms with Crippen molar-refractivity contribution >= 4 is 34.6 Å². The van der Waals surface area contributed by atoms with Gasteiger partial charge in [0, 0.05) is 34.9 Å². The van der Waals surface area contributed by atoms with Crippen molar-refractivity contribution in [3.05, 3.63) is 46.9 Å². The first-order valence-electron chi connectivity index (χ1n) is 10.9. The second kappa shape index (κ2) is 9.17. The Bertz CT molecular complexity index is 1240. The fraction of sp³-hybridized carbons (Fsp3) is 0.440. The summed E-state index contributed by atoms with van der Waals surface area (Å²) in [6, 6.07) is 9.25. The van der Waals surface area contributed by atoms with E-state index in [9.17, 15) is 9.59 Å². The summed E-state index contributed by atoms with van der Waals surface area (Å²) >= 11 is 1.44. The van der Waals surface area contributed by atoms with Crippen LogP contribution >= 0.6 is 11.8 Å². The number of nitrogens with zero attached hydrogens (tertiary/aromatic N) is 4. The van der Waals surface area contributed by atoms with E-state index < -0.39 is 17.2 Å². The molecule has 1 aromatic carbocycles. The van der Waals surface area contributed by atoms with E-state index in [0.717, 1.165) is 5.39 Å². The summed E-state index contributed by atoms with van der Waals surface area (Å²) in [5, 5.41) is 1.41. The molecule has 0 aliphatic rings. The summed E-state index contributed by atoms with van der Waals surface area (Å²) in [6.07, 6.45) is 3.21. The van der Waals surface area contributed by atoms with Gasteiger partial charge in [-0.1, -0.05) is 23.9 Å². The maximum atomic E-state index is 13.4. The van der Waals surface area contributed by atoms with Crippen molar-refractivity contribution in [2.45, 2.75) is 71.3 Å². The molecule has 0 aliphatic heterocycles. The van der Waals surface area contributed by atoms with Crippen molar-refractivity contribution < 1.29 is 9.53 Å². The number of thioether (sulfide) groups is 1. The molecule has 0 N–H and O–H groups in total. The van der Waals surface area contributed by atoms with Gasteiger partial charge < -0.3 is 4.74 Å². The monoisotopic (exact) mass is 468 g/mol. The van der Waals surface area contributed by atoms with Gasteiger partial charge in [-0.25, -0.2) is 14.8 Å². The smallest absolute Gasteiger partial charge is 0.415 e. The number of rotatable bonds is 4. The number of ether oxygens (including phenoxy) is 1. The van der Waals surface area contributed by atoms with Crippen molar-refractivity contribution in [3.63, 3.8) is 0 Å². The third-order valence-corrected chi connectivity index (χ3v) is 5.53. The number of pyridine rings is 1. The van der Waals surface area contributed by atoms with E-state index in [1.54, 1.807) is 15.7 Å². The quantitative estimate of drug-likeness (QED) is 0.359. The summed E-state index contributed by atoms with van der Waals surface area (Å²) in [5.74, 6) is 0. The maximum absolute atomic E-state index is 13.4. The van der Waals surface area contributed by atoms with Gasteiger partial charge >= 0.3 is 6.09 Å². The molecule has 33 heavy (non-hydrogen) atoms. The summed E-state index contributed by atoms with van der Waals surface area (Å²) in [5.41, 5.74) is 1.24. The molecule has 0 atom stereocenters. The lowest BCUT2D eigenvalue weighted by Gasteiger charge is -2.37. The van der Waals surface area contributed by atoms with Crippen LogP contribution in [-0.2, 0) is 11.3 Å². The number of benzene rings is 1. The molecular formula is C25H32N4O3S. The van der Waals surface area contributed by atoms with Gasteiger partial charge in [-0.05, 0) is 78.5 Å². The SMILES string of the molecule is CCn1c(=O)c(-c2cccc(N(C(=O)OC(C)(C)C)C(C)(C)C)c2)cc2cnc(SC)nc21. The lowest BCUT2D eigenvalue weighted by molar-refractivity contribution is 0.0550. The van der Waals surface area contributed by atoms with E-state index in [2.05, 4.69) is 9.97 Å². The molecule has 0 unspecified atom stereocenters. The van der Waals surface area contributed by atoms with Crippen molar-refractivity contribution in [2.24, 2.45) is 0 Å². The Kier molecular flexibility index (Phi) is 6.88. The average molecular weight is 469 g/mol. The fourth-order valence-corrected chi connectivity index (χ4v) is 3.96. The van der Waals surface area contributed by atoms with E-state index in [1.807, 2.05) is 85.1 Å². The van der Waals surface area contributed by atoms with Gasteiger partial charge in [0.05, 0.1) is 0 Å². The molecule has 3 aromatic rings. The van der Waals surface area contributed by atoms with E-state index in [-0.39, 0.29) is 5.56 Å². The van der Waals surface area contributed by atoms with Crippen LogP contribution in [0.5, 0.6) is 0 Å². The number of aromatic nitrogens is 3. The highest BCUT2D eigenvalue weighted by molar-refractivity contribution is 7.98. The van der Waals surface area contributed by atoms with Crippen molar-refractivity contribution in [1.82, 2.24) is 14.5 Å². The van der Waals surface area contributed by atoms with Crippen LogP contribution in [0.25, 0.3) is 22.2 Å². The summed E-state index contributed by atoms with van der Waals surface area (Å²) in [7, 11) is 0. The van der Waals surface area contributed by atoms with Gasteiger partial charge in [0.25, 0.3) is 5.56 Å². The topological polar surface area (TPSA) is 77.3 Å². The minimum absolute atomic E-state index is 0.132. The van der Waals surface area contributed by atoms with Gasteiger partial charge in [-0.15, -0.1) is 0 Å². The molecule has 0 radical (unpaired) electrons. The average Bonchev–Trinajstić information content (AvgIpc) is 2.71. The Morgan fingerprint density at radius 3 is 2.42 bits per heavy atom. The third kappa shape index (κ3) is 5.38. The minimum Gasteiger partial charge on any atom is -0.443 e. The molecule has 1 amide bonds. The van der Waals surface area contributed by atoms with Gasteiger partial charge in [-0.2, -0.15) is 0 Å². The van der Waals surface area contributed by atoms with E-state index in [0.29, 0.717) is 34.2 Å². The van der Waals surface area contributed by atoms with E-state index >= 15 is 0 Å². The van der Waals surface area contributed by atoms with Gasteiger partial charge in [-0.3, -0.25) is 14.3 Å². The standard InChI is InChI=1S/C25H32N4O3S/c1-9-28-20-17(15-26-22(27-20)33-8)14-19(21(28)30)16-11-10-12-18(13-16)29(24(2,3)4)23(31)32-25(5,6)7/h10-15H,9H2,1-8H3.